The topological polar surface area (TPSA) is 18.5 Å². The Labute approximate surface area is 136 Å². The highest BCUT2D eigenvalue weighted by Crippen LogP contribution is 2.39. The van der Waals surface area contributed by atoms with Crippen molar-refractivity contribution in [3.05, 3.63) is 47.5 Å². The number of halogens is 2. The minimum absolute atomic E-state index is 0.109. The predicted octanol–water partition coefficient (Wildman–Crippen LogP) is 4.80. The summed E-state index contributed by atoms with van der Waals surface area (Å²) in [6, 6.07) is 4.28. The molecule has 2 fully saturated rings. The largest absolute Gasteiger partial charge is 0.352 e. The molecule has 0 N–H and O–H groups in total. The van der Waals surface area contributed by atoms with Crippen LogP contribution >= 0.6 is 0 Å². The van der Waals surface area contributed by atoms with E-state index in [1.54, 1.807) is 6.07 Å². The first-order chi connectivity index (χ1) is 11.2. The fourth-order valence-corrected chi connectivity index (χ4v) is 3.68. The van der Waals surface area contributed by atoms with Crippen LogP contribution in [0.5, 0.6) is 0 Å². The van der Waals surface area contributed by atoms with Crippen molar-refractivity contribution in [1.82, 2.24) is 0 Å². The lowest BCUT2D eigenvalue weighted by Crippen LogP contribution is -2.37. The molecule has 0 unspecified atom stereocenters. The maximum Gasteiger partial charge on any atom is 0.160 e. The zero-order valence-corrected chi connectivity index (χ0v) is 13.5. The highest BCUT2D eigenvalue weighted by atomic mass is 19.2. The van der Waals surface area contributed by atoms with Crippen molar-refractivity contribution in [2.45, 2.75) is 44.8 Å². The monoisotopic (exact) mass is 322 g/mol. The molecule has 0 bridgehead atoms. The van der Waals surface area contributed by atoms with Gasteiger partial charge in [0.2, 0.25) is 0 Å². The van der Waals surface area contributed by atoms with Crippen LogP contribution in [-0.4, -0.2) is 19.5 Å². The van der Waals surface area contributed by atoms with Crippen LogP contribution in [0.25, 0.3) is 0 Å². The first kappa shape index (κ1) is 16.6. The van der Waals surface area contributed by atoms with Gasteiger partial charge in [-0.15, -0.1) is 0 Å². The SMILES string of the molecule is C/C=C/[C@H]1CO[C@H]([C@H]2CC[C@H](c3ccc(F)c(F)c3)CC2)OC1. The molecule has 0 atom stereocenters. The van der Waals surface area contributed by atoms with Gasteiger partial charge in [0.25, 0.3) is 0 Å². The summed E-state index contributed by atoms with van der Waals surface area (Å²) in [4.78, 5) is 0. The molecular weight excluding hydrogens is 298 g/mol. The number of hydrogen-bond acceptors (Lipinski definition) is 2. The average Bonchev–Trinajstić information content (AvgIpc) is 2.59. The normalized spacial score (nSPS) is 32.3. The van der Waals surface area contributed by atoms with E-state index in [1.165, 1.54) is 12.1 Å². The van der Waals surface area contributed by atoms with E-state index >= 15 is 0 Å². The van der Waals surface area contributed by atoms with Gasteiger partial charge in [0.05, 0.1) is 13.2 Å². The zero-order chi connectivity index (χ0) is 16.2. The molecule has 0 amide bonds. The lowest BCUT2D eigenvalue weighted by Gasteiger charge is -2.37. The summed E-state index contributed by atoms with van der Waals surface area (Å²) in [6.07, 6.45) is 7.99. The van der Waals surface area contributed by atoms with E-state index in [4.69, 9.17) is 9.47 Å². The number of ether oxygens (including phenoxy) is 2. The summed E-state index contributed by atoms with van der Waals surface area (Å²) in [5, 5.41) is 0. The van der Waals surface area contributed by atoms with E-state index in [0.29, 0.717) is 17.8 Å². The van der Waals surface area contributed by atoms with Crippen LogP contribution in [0.1, 0.15) is 44.1 Å². The Bertz CT molecular complexity index is 542. The molecule has 4 heteroatoms. The Morgan fingerprint density at radius 2 is 1.70 bits per heavy atom. The number of rotatable bonds is 3. The van der Waals surface area contributed by atoms with Gasteiger partial charge >= 0.3 is 0 Å². The molecule has 2 nitrogen and oxygen atoms in total. The van der Waals surface area contributed by atoms with E-state index < -0.39 is 11.6 Å². The third-order valence-corrected chi connectivity index (χ3v) is 4.99. The van der Waals surface area contributed by atoms with Gasteiger partial charge in [-0.25, -0.2) is 8.78 Å². The van der Waals surface area contributed by atoms with Gasteiger partial charge in [-0.2, -0.15) is 0 Å². The number of allylic oxidation sites excluding steroid dienone is 1. The van der Waals surface area contributed by atoms with E-state index in [1.807, 2.05) is 13.0 Å². The molecule has 1 aromatic carbocycles. The smallest absolute Gasteiger partial charge is 0.160 e. The van der Waals surface area contributed by atoms with Gasteiger partial charge < -0.3 is 9.47 Å². The van der Waals surface area contributed by atoms with Crippen LogP contribution in [0.2, 0.25) is 0 Å². The van der Waals surface area contributed by atoms with Crippen molar-refractivity contribution in [1.29, 1.82) is 0 Å². The van der Waals surface area contributed by atoms with E-state index in [2.05, 4.69) is 6.08 Å². The second-order valence-corrected chi connectivity index (χ2v) is 6.61. The molecule has 3 rings (SSSR count). The second-order valence-electron chi connectivity index (χ2n) is 6.61. The first-order valence-corrected chi connectivity index (χ1v) is 8.48. The minimum Gasteiger partial charge on any atom is -0.352 e. The van der Waals surface area contributed by atoms with Crippen LogP contribution in [0.3, 0.4) is 0 Å². The molecule has 23 heavy (non-hydrogen) atoms. The second kappa shape index (κ2) is 7.54. The molecule has 2 aliphatic rings. The van der Waals surface area contributed by atoms with Crippen molar-refractivity contribution in [3.63, 3.8) is 0 Å². The summed E-state index contributed by atoms with van der Waals surface area (Å²) >= 11 is 0. The van der Waals surface area contributed by atoms with Gasteiger partial charge in [-0.05, 0) is 56.2 Å². The molecule has 1 aliphatic heterocycles. The molecule has 1 heterocycles. The predicted molar refractivity (Wildman–Crippen MR) is 85.1 cm³/mol. The van der Waals surface area contributed by atoms with Crippen LogP contribution in [0.15, 0.2) is 30.4 Å². The highest BCUT2D eigenvalue weighted by Gasteiger charge is 2.32. The molecule has 1 aliphatic carbocycles. The van der Waals surface area contributed by atoms with Crippen molar-refractivity contribution in [2.24, 2.45) is 11.8 Å². The minimum atomic E-state index is -0.776. The summed E-state index contributed by atoms with van der Waals surface area (Å²) < 4.78 is 38.2. The van der Waals surface area contributed by atoms with Crippen LogP contribution in [0, 0.1) is 23.5 Å². The molecule has 1 saturated carbocycles. The summed E-state index contributed by atoms with van der Waals surface area (Å²) in [6.45, 7) is 3.45. The van der Waals surface area contributed by atoms with Gasteiger partial charge in [-0.1, -0.05) is 18.2 Å². The third-order valence-electron chi connectivity index (χ3n) is 4.99. The Hall–Kier alpha value is -1.26. The van der Waals surface area contributed by atoms with Gasteiger partial charge in [-0.3, -0.25) is 0 Å². The van der Waals surface area contributed by atoms with Crippen molar-refractivity contribution < 1.29 is 18.3 Å². The van der Waals surface area contributed by atoms with Crippen LogP contribution in [-0.2, 0) is 9.47 Å². The summed E-state index contributed by atoms with van der Waals surface area (Å²) in [5.74, 6) is -0.459. The summed E-state index contributed by atoms with van der Waals surface area (Å²) in [7, 11) is 0. The Kier molecular flexibility index (Phi) is 5.44. The molecule has 0 radical (unpaired) electrons. The first-order valence-electron chi connectivity index (χ1n) is 8.48. The van der Waals surface area contributed by atoms with E-state index in [-0.39, 0.29) is 6.29 Å². The van der Waals surface area contributed by atoms with Gasteiger partial charge in [0.1, 0.15) is 0 Å². The number of benzene rings is 1. The standard InChI is InChI=1S/C19H24F2O2/c1-2-3-13-11-22-19(23-12-13)15-6-4-14(5-7-15)16-8-9-17(20)18(21)10-16/h2-3,8-10,13-15,19H,4-7,11-12H2,1H3/b3-2+/t13-,14-,15-,19-. The van der Waals surface area contributed by atoms with Crippen molar-refractivity contribution in [3.8, 4) is 0 Å². The summed E-state index contributed by atoms with van der Waals surface area (Å²) in [5.41, 5.74) is 0.904. The lowest BCUT2D eigenvalue weighted by molar-refractivity contribution is -0.222. The van der Waals surface area contributed by atoms with Crippen LogP contribution in [0.4, 0.5) is 8.78 Å². The van der Waals surface area contributed by atoms with Crippen molar-refractivity contribution >= 4 is 0 Å². The maximum absolute atomic E-state index is 13.4. The molecule has 0 spiro atoms. The van der Waals surface area contributed by atoms with E-state index in [9.17, 15) is 8.78 Å². The van der Waals surface area contributed by atoms with E-state index in [0.717, 1.165) is 44.5 Å². The maximum atomic E-state index is 13.4. The Balaban J connectivity index is 1.51. The zero-order valence-electron chi connectivity index (χ0n) is 13.5. The molecule has 1 saturated heterocycles. The van der Waals surface area contributed by atoms with Gasteiger partial charge in [0, 0.05) is 11.8 Å². The quantitative estimate of drug-likeness (QED) is 0.744. The Morgan fingerprint density at radius 1 is 1.00 bits per heavy atom. The molecule has 1 aromatic rings. The molecular formula is C19H24F2O2. The lowest BCUT2D eigenvalue weighted by atomic mass is 9.78. The molecule has 126 valence electrons. The highest BCUT2D eigenvalue weighted by molar-refractivity contribution is 5.22. The third kappa shape index (κ3) is 3.99. The van der Waals surface area contributed by atoms with Crippen molar-refractivity contribution in [2.75, 3.05) is 13.2 Å². The fourth-order valence-electron chi connectivity index (χ4n) is 3.68. The Morgan fingerprint density at radius 3 is 2.30 bits per heavy atom. The molecule has 0 aromatic heterocycles. The van der Waals surface area contributed by atoms with Gasteiger partial charge in [0.15, 0.2) is 17.9 Å². The van der Waals surface area contributed by atoms with Crippen LogP contribution < -0.4 is 0 Å². The number of hydrogen-bond donors (Lipinski definition) is 0. The fraction of sp³-hybridized carbons (Fsp3) is 0.579. The average molecular weight is 322 g/mol.